The molecule has 0 atom stereocenters. The van der Waals surface area contributed by atoms with Crippen LogP contribution in [0.5, 0.6) is 0 Å². The van der Waals surface area contributed by atoms with Crippen molar-refractivity contribution < 1.29 is 4.63 Å². The van der Waals surface area contributed by atoms with E-state index in [2.05, 4.69) is 30.2 Å². The predicted molar refractivity (Wildman–Crippen MR) is 71.8 cm³/mol. The summed E-state index contributed by atoms with van der Waals surface area (Å²) in [5, 5.41) is 20.5. The summed E-state index contributed by atoms with van der Waals surface area (Å²) in [5.41, 5.74) is 7.02. The molecule has 4 aromatic rings. The Balaban J connectivity index is 1.90. The van der Waals surface area contributed by atoms with E-state index in [4.69, 9.17) is 5.73 Å². The van der Waals surface area contributed by atoms with E-state index in [1.807, 2.05) is 30.3 Å². The molecule has 0 fully saturated rings. The molecule has 1 aromatic carbocycles. The summed E-state index contributed by atoms with van der Waals surface area (Å²) in [5.74, 6) is 0.870. The molecular formula is C11H7N7OS. The average Bonchev–Trinajstić information content (AvgIpc) is 3.13. The number of benzene rings is 1. The first-order valence-corrected chi connectivity index (χ1v) is 6.50. The van der Waals surface area contributed by atoms with Crippen LogP contribution in [-0.4, -0.2) is 30.1 Å². The zero-order chi connectivity index (χ0) is 13.5. The summed E-state index contributed by atoms with van der Waals surface area (Å²) in [6.45, 7) is 0. The third kappa shape index (κ3) is 1.57. The van der Waals surface area contributed by atoms with Crippen LogP contribution in [0, 0.1) is 0 Å². The normalized spacial score (nSPS) is 11.2. The molecule has 20 heavy (non-hydrogen) atoms. The van der Waals surface area contributed by atoms with Crippen molar-refractivity contribution in [3.8, 4) is 22.1 Å². The highest BCUT2D eigenvalue weighted by Crippen LogP contribution is 2.29. The Bertz CT molecular complexity index is 879. The molecule has 0 bridgehead atoms. The topological polar surface area (TPSA) is 108 Å². The quantitative estimate of drug-likeness (QED) is 0.594. The van der Waals surface area contributed by atoms with Gasteiger partial charge in [-0.2, -0.15) is 9.61 Å². The second-order valence-electron chi connectivity index (χ2n) is 3.99. The van der Waals surface area contributed by atoms with Crippen LogP contribution in [0.2, 0.25) is 0 Å². The van der Waals surface area contributed by atoms with Gasteiger partial charge in [-0.05, 0) is 10.3 Å². The van der Waals surface area contributed by atoms with Crippen LogP contribution in [0.25, 0.3) is 27.1 Å². The van der Waals surface area contributed by atoms with Gasteiger partial charge in [-0.3, -0.25) is 0 Å². The van der Waals surface area contributed by atoms with E-state index in [0.29, 0.717) is 21.5 Å². The van der Waals surface area contributed by atoms with Crippen LogP contribution in [-0.2, 0) is 0 Å². The molecular weight excluding hydrogens is 278 g/mol. The van der Waals surface area contributed by atoms with Crippen molar-refractivity contribution in [3.63, 3.8) is 0 Å². The van der Waals surface area contributed by atoms with E-state index in [-0.39, 0.29) is 5.82 Å². The molecule has 9 heteroatoms. The van der Waals surface area contributed by atoms with E-state index >= 15 is 0 Å². The van der Waals surface area contributed by atoms with E-state index in [9.17, 15) is 0 Å². The lowest BCUT2D eigenvalue weighted by Gasteiger charge is -1.94. The molecule has 0 aliphatic carbocycles. The summed E-state index contributed by atoms with van der Waals surface area (Å²) in [7, 11) is 0. The fraction of sp³-hybridized carbons (Fsp3) is 0. The Morgan fingerprint density at radius 3 is 2.70 bits per heavy atom. The summed E-state index contributed by atoms with van der Waals surface area (Å²) < 4.78 is 6.24. The molecule has 0 aliphatic heterocycles. The number of anilines is 1. The number of nitrogens with two attached hydrogens (primary N) is 1. The molecule has 0 aliphatic rings. The van der Waals surface area contributed by atoms with E-state index in [1.54, 1.807) is 4.52 Å². The minimum absolute atomic E-state index is 0.205. The number of nitrogen functional groups attached to an aromatic ring is 1. The largest absolute Gasteiger partial charge is 0.379 e. The van der Waals surface area contributed by atoms with Gasteiger partial charge in [0.25, 0.3) is 0 Å². The smallest absolute Gasteiger partial charge is 0.235 e. The fourth-order valence-corrected chi connectivity index (χ4v) is 2.65. The lowest BCUT2D eigenvalue weighted by atomic mass is 10.2. The van der Waals surface area contributed by atoms with E-state index in [0.717, 1.165) is 5.56 Å². The van der Waals surface area contributed by atoms with Crippen LogP contribution in [0.15, 0.2) is 35.0 Å². The van der Waals surface area contributed by atoms with Crippen LogP contribution in [0.3, 0.4) is 0 Å². The Kier molecular flexibility index (Phi) is 2.27. The van der Waals surface area contributed by atoms with Gasteiger partial charge < -0.3 is 5.73 Å². The minimum Gasteiger partial charge on any atom is -0.379 e. The molecule has 0 saturated carbocycles. The molecule has 0 amide bonds. The van der Waals surface area contributed by atoms with Gasteiger partial charge in [0.2, 0.25) is 4.96 Å². The third-order valence-electron chi connectivity index (χ3n) is 2.74. The van der Waals surface area contributed by atoms with Crippen molar-refractivity contribution in [3.05, 3.63) is 30.3 Å². The van der Waals surface area contributed by atoms with Gasteiger partial charge in [-0.15, -0.1) is 10.2 Å². The summed E-state index contributed by atoms with van der Waals surface area (Å²) in [6.07, 6.45) is 0. The molecule has 2 N–H and O–H groups in total. The number of rotatable bonds is 2. The van der Waals surface area contributed by atoms with E-state index in [1.165, 1.54) is 11.3 Å². The number of hydrogen-bond acceptors (Lipinski definition) is 8. The zero-order valence-electron chi connectivity index (χ0n) is 9.96. The Morgan fingerprint density at radius 2 is 1.95 bits per heavy atom. The van der Waals surface area contributed by atoms with Crippen LogP contribution >= 0.6 is 11.3 Å². The predicted octanol–water partition coefficient (Wildman–Crippen LogP) is 1.48. The van der Waals surface area contributed by atoms with Gasteiger partial charge in [0.1, 0.15) is 0 Å². The van der Waals surface area contributed by atoms with Crippen molar-refractivity contribution >= 4 is 22.1 Å². The maximum absolute atomic E-state index is 5.67. The molecule has 3 aromatic heterocycles. The maximum Gasteiger partial charge on any atom is 0.235 e. The van der Waals surface area contributed by atoms with Gasteiger partial charge in [0.05, 0.1) is 0 Å². The highest BCUT2D eigenvalue weighted by molar-refractivity contribution is 7.19. The third-order valence-corrected chi connectivity index (χ3v) is 3.64. The Hall–Kier alpha value is -2.81. The van der Waals surface area contributed by atoms with Crippen molar-refractivity contribution in [1.82, 2.24) is 30.1 Å². The average molecular weight is 285 g/mol. The van der Waals surface area contributed by atoms with Crippen LogP contribution in [0.4, 0.5) is 5.82 Å². The minimum atomic E-state index is 0.205. The highest BCUT2D eigenvalue weighted by atomic mass is 32.1. The fourth-order valence-electron chi connectivity index (χ4n) is 1.82. The highest BCUT2D eigenvalue weighted by Gasteiger charge is 2.18. The van der Waals surface area contributed by atoms with Gasteiger partial charge >= 0.3 is 0 Å². The Labute approximate surface area is 115 Å². The SMILES string of the molecule is Nc1nonc1-c1nn2c(-c3ccccc3)nnc2s1. The molecule has 0 radical (unpaired) electrons. The van der Waals surface area contributed by atoms with Crippen LogP contribution in [0.1, 0.15) is 0 Å². The molecule has 3 heterocycles. The van der Waals surface area contributed by atoms with Crippen molar-refractivity contribution in [1.29, 1.82) is 0 Å². The standard InChI is InChI=1S/C11H7N7OS/c12-8-7(16-19-17-8)10-15-18-9(13-14-11(18)20-10)6-4-2-1-3-5-6/h1-5H,(H2,12,17). The first kappa shape index (κ1) is 11.1. The number of hydrogen-bond donors (Lipinski definition) is 1. The van der Waals surface area contributed by atoms with Gasteiger partial charge in [0.15, 0.2) is 22.3 Å². The van der Waals surface area contributed by atoms with E-state index < -0.39 is 0 Å². The van der Waals surface area contributed by atoms with Crippen LogP contribution < -0.4 is 5.73 Å². The number of fused-ring (bicyclic) bond motifs is 1. The molecule has 8 nitrogen and oxygen atoms in total. The molecule has 0 spiro atoms. The van der Waals surface area contributed by atoms with Crippen molar-refractivity contribution in [2.24, 2.45) is 0 Å². The molecule has 98 valence electrons. The lowest BCUT2D eigenvalue weighted by Crippen LogP contribution is -1.92. The summed E-state index contributed by atoms with van der Waals surface area (Å²) in [6, 6.07) is 9.70. The molecule has 0 unspecified atom stereocenters. The maximum atomic E-state index is 5.67. The first-order valence-electron chi connectivity index (χ1n) is 5.69. The lowest BCUT2D eigenvalue weighted by molar-refractivity contribution is 0.310. The van der Waals surface area contributed by atoms with Crippen molar-refractivity contribution in [2.45, 2.75) is 0 Å². The first-order chi connectivity index (χ1) is 9.83. The second kappa shape index (κ2) is 4.10. The van der Waals surface area contributed by atoms with Gasteiger partial charge in [-0.25, -0.2) is 4.63 Å². The zero-order valence-corrected chi connectivity index (χ0v) is 10.8. The Morgan fingerprint density at radius 1 is 1.10 bits per heavy atom. The monoisotopic (exact) mass is 285 g/mol. The summed E-state index contributed by atoms with van der Waals surface area (Å²) in [4.78, 5) is 0.654. The van der Waals surface area contributed by atoms with Gasteiger partial charge in [0, 0.05) is 5.56 Å². The van der Waals surface area contributed by atoms with Crippen molar-refractivity contribution in [2.75, 3.05) is 5.73 Å². The number of nitrogens with zero attached hydrogens (tertiary/aromatic N) is 6. The number of aromatic nitrogens is 6. The molecule has 4 rings (SSSR count). The molecule has 0 saturated heterocycles. The summed E-state index contributed by atoms with van der Waals surface area (Å²) >= 11 is 1.32. The second-order valence-corrected chi connectivity index (χ2v) is 4.95. The van der Waals surface area contributed by atoms with Gasteiger partial charge in [-0.1, -0.05) is 41.7 Å².